The van der Waals surface area contributed by atoms with E-state index in [1.807, 2.05) is 42.5 Å². The molecular weight excluding hydrogens is 517 g/mol. The summed E-state index contributed by atoms with van der Waals surface area (Å²) in [6.45, 7) is 1.74. The van der Waals surface area contributed by atoms with Gasteiger partial charge in [0.05, 0.1) is 28.5 Å². The van der Waals surface area contributed by atoms with Crippen molar-refractivity contribution in [2.45, 2.75) is 13.0 Å². The van der Waals surface area contributed by atoms with E-state index in [1.54, 1.807) is 43.3 Å². The minimum atomic E-state index is -0.886. The van der Waals surface area contributed by atoms with E-state index in [0.717, 1.165) is 0 Å². The van der Waals surface area contributed by atoms with E-state index < -0.39 is 17.8 Å². The lowest BCUT2D eigenvalue weighted by Gasteiger charge is -2.25. The molecule has 7 nitrogen and oxygen atoms in total. The Morgan fingerprint density at radius 2 is 1.90 bits per heavy atom. The van der Waals surface area contributed by atoms with Crippen LogP contribution in [0, 0.1) is 17.1 Å². The number of esters is 1. The Kier molecular flexibility index (Phi) is 7.48. The minimum Gasteiger partial charge on any atom is -0.479 e. The lowest BCUT2D eigenvalue weighted by molar-refractivity contribution is -0.138. The van der Waals surface area contributed by atoms with Gasteiger partial charge in [-0.3, -0.25) is 9.36 Å². The van der Waals surface area contributed by atoms with Gasteiger partial charge in [-0.2, -0.15) is 5.26 Å². The van der Waals surface area contributed by atoms with Crippen molar-refractivity contribution in [3.63, 3.8) is 0 Å². The number of ether oxygens (including phenoxy) is 2. The maximum atomic E-state index is 13.9. The number of hydrogen-bond donors (Lipinski definition) is 0. The topological polar surface area (TPSA) is 93.7 Å². The van der Waals surface area contributed by atoms with Crippen LogP contribution in [0.25, 0.3) is 11.8 Å². The van der Waals surface area contributed by atoms with Crippen molar-refractivity contribution < 1.29 is 18.7 Å². The summed E-state index contributed by atoms with van der Waals surface area (Å²) in [7, 11) is 0. The first-order valence-corrected chi connectivity index (χ1v) is 13.0. The van der Waals surface area contributed by atoms with Crippen molar-refractivity contribution in [3.8, 4) is 11.8 Å². The normalized spacial score (nSPS) is 14.8. The molecule has 0 bridgehead atoms. The molecule has 5 rings (SSSR count). The highest BCUT2D eigenvalue weighted by atomic mass is 32.1. The van der Waals surface area contributed by atoms with Crippen molar-refractivity contribution in [1.82, 2.24) is 4.57 Å². The number of nitrogens with zero attached hydrogens (tertiary/aromatic N) is 3. The first-order chi connectivity index (χ1) is 19.0. The zero-order chi connectivity index (χ0) is 27.4. The number of fused-ring (bicyclic) bond motifs is 1. The van der Waals surface area contributed by atoms with Crippen LogP contribution in [0.5, 0.6) is 5.75 Å². The summed E-state index contributed by atoms with van der Waals surface area (Å²) < 4.78 is 26.5. The maximum Gasteiger partial charge on any atom is 0.338 e. The quantitative estimate of drug-likeness (QED) is 0.331. The van der Waals surface area contributed by atoms with Crippen LogP contribution in [0.2, 0.25) is 0 Å². The molecule has 0 N–H and O–H groups in total. The number of aromatic nitrogens is 1. The van der Waals surface area contributed by atoms with E-state index in [4.69, 9.17) is 19.7 Å². The lowest BCUT2D eigenvalue weighted by Crippen LogP contribution is -2.40. The summed E-state index contributed by atoms with van der Waals surface area (Å²) in [6, 6.07) is 23.0. The predicted molar refractivity (Wildman–Crippen MR) is 145 cm³/mol. The molecule has 1 atom stereocenters. The molecule has 4 aromatic rings. The summed E-state index contributed by atoms with van der Waals surface area (Å²) in [6.07, 6.45) is 1.71. The molecule has 0 saturated carbocycles. The zero-order valence-corrected chi connectivity index (χ0v) is 21.7. The average molecular weight is 540 g/mol. The predicted octanol–water partition coefficient (Wildman–Crippen LogP) is 3.98. The van der Waals surface area contributed by atoms with E-state index in [9.17, 15) is 14.0 Å². The highest BCUT2D eigenvalue weighted by Gasteiger charge is 2.35. The third-order valence-corrected chi connectivity index (χ3v) is 7.00. The highest BCUT2D eigenvalue weighted by Crippen LogP contribution is 2.35. The van der Waals surface area contributed by atoms with E-state index in [2.05, 4.69) is 0 Å². The molecular formula is C30H22FN3O4S. The third-order valence-electron chi connectivity index (χ3n) is 6.02. The molecule has 2 heterocycles. The molecule has 1 aliphatic heterocycles. The standard InChI is InChI=1S/C30H22FN3O4S/c1-2-37-29(36)25-26(20-8-4-3-5-9-20)33-30-34(27(25)21-11-13-22(31)14-12-21)28(35)24(39-30)18-19-7-6-10-23(17-19)38-16-15-32/h3-14,17-18,27H,2,16H2,1H3/b24-18-/t27-/m0/s1. The van der Waals surface area contributed by atoms with Crippen molar-refractivity contribution in [3.05, 3.63) is 127 Å². The molecule has 194 valence electrons. The van der Waals surface area contributed by atoms with Crippen LogP contribution in [0.3, 0.4) is 0 Å². The van der Waals surface area contributed by atoms with Crippen molar-refractivity contribution >= 4 is 29.1 Å². The third kappa shape index (κ3) is 5.28. The van der Waals surface area contributed by atoms with Crippen molar-refractivity contribution in [1.29, 1.82) is 5.26 Å². The fourth-order valence-electron chi connectivity index (χ4n) is 4.36. The molecule has 0 saturated heterocycles. The van der Waals surface area contributed by atoms with Crippen LogP contribution in [0.15, 0.2) is 94.2 Å². The monoisotopic (exact) mass is 539 g/mol. The molecule has 0 aliphatic carbocycles. The molecule has 0 spiro atoms. The first-order valence-electron chi connectivity index (χ1n) is 12.1. The van der Waals surface area contributed by atoms with Crippen molar-refractivity contribution in [2.75, 3.05) is 13.2 Å². The summed E-state index contributed by atoms with van der Waals surface area (Å²) >= 11 is 1.18. The number of halogens is 1. The number of rotatable bonds is 7. The van der Waals surface area contributed by atoms with Gasteiger partial charge in [-0.25, -0.2) is 14.2 Å². The second-order valence-corrected chi connectivity index (χ2v) is 9.51. The number of benzene rings is 3. The van der Waals surface area contributed by atoms with Gasteiger partial charge in [-0.05, 0) is 48.4 Å². The van der Waals surface area contributed by atoms with E-state index in [1.165, 1.54) is 28.0 Å². The Morgan fingerprint density at radius 3 is 2.62 bits per heavy atom. The molecule has 0 unspecified atom stereocenters. The zero-order valence-electron chi connectivity index (χ0n) is 20.8. The van der Waals surface area contributed by atoms with E-state index in [0.29, 0.717) is 37.5 Å². The van der Waals surface area contributed by atoms with Crippen LogP contribution in [-0.4, -0.2) is 23.8 Å². The van der Waals surface area contributed by atoms with Crippen LogP contribution < -0.4 is 19.6 Å². The van der Waals surface area contributed by atoms with Crippen molar-refractivity contribution in [2.24, 2.45) is 4.99 Å². The summed E-state index contributed by atoms with van der Waals surface area (Å²) in [4.78, 5) is 32.4. The Labute approximate surface area is 227 Å². The molecule has 9 heteroatoms. The Bertz CT molecular complexity index is 1780. The first kappa shape index (κ1) is 25.8. The second kappa shape index (κ2) is 11.3. The summed E-state index contributed by atoms with van der Waals surface area (Å²) in [5.74, 6) is -0.543. The number of carbonyl (C=O) groups excluding carboxylic acids is 1. The number of carbonyl (C=O) groups is 1. The van der Waals surface area contributed by atoms with E-state index in [-0.39, 0.29) is 24.3 Å². The number of thiazole rings is 1. The number of nitriles is 1. The lowest BCUT2D eigenvalue weighted by atomic mass is 9.93. The Morgan fingerprint density at radius 1 is 1.13 bits per heavy atom. The summed E-state index contributed by atoms with van der Waals surface area (Å²) in [5, 5.41) is 8.80. The fraction of sp³-hybridized carbons (Fsp3) is 0.133. The van der Waals surface area contributed by atoms with Gasteiger partial charge in [0.25, 0.3) is 5.56 Å². The van der Waals surface area contributed by atoms with Gasteiger partial charge in [-0.1, -0.05) is 65.9 Å². The van der Waals surface area contributed by atoms with Crippen LogP contribution in [-0.2, 0) is 9.53 Å². The van der Waals surface area contributed by atoms with Gasteiger partial charge in [-0.15, -0.1) is 0 Å². The van der Waals surface area contributed by atoms with Crippen LogP contribution in [0.1, 0.15) is 29.7 Å². The largest absolute Gasteiger partial charge is 0.479 e. The van der Waals surface area contributed by atoms with Gasteiger partial charge in [0, 0.05) is 5.56 Å². The Hall–Kier alpha value is -4.81. The van der Waals surface area contributed by atoms with Gasteiger partial charge in [0.2, 0.25) is 0 Å². The molecule has 39 heavy (non-hydrogen) atoms. The smallest absolute Gasteiger partial charge is 0.338 e. The number of hydrogen-bond acceptors (Lipinski definition) is 7. The molecule has 0 fully saturated rings. The average Bonchev–Trinajstić information content (AvgIpc) is 3.26. The molecule has 0 radical (unpaired) electrons. The molecule has 1 aromatic heterocycles. The van der Waals surface area contributed by atoms with Gasteiger partial charge in [0.1, 0.15) is 17.6 Å². The van der Waals surface area contributed by atoms with Crippen LogP contribution in [0.4, 0.5) is 4.39 Å². The molecule has 1 aliphatic rings. The fourth-order valence-corrected chi connectivity index (χ4v) is 5.36. The van der Waals surface area contributed by atoms with E-state index >= 15 is 0 Å². The highest BCUT2D eigenvalue weighted by molar-refractivity contribution is 7.07. The Balaban J connectivity index is 1.76. The molecule has 3 aromatic carbocycles. The van der Waals surface area contributed by atoms with Gasteiger partial charge >= 0.3 is 5.97 Å². The summed E-state index contributed by atoms with van der Waals surface area (Å²) in [5.41, 5.74) is 2.16. The molecule has 0 amide bonds. The maximum absolute atomic E-state index is 13.9. The van der Waals surface area contributed by atoms with Crippen LogP contribution >= 0.6 is 11.3 Å². The van der Waals surface area contributed by atoms with Gasteiger partial charge < -0.3 is 9.47 Å². The van der Waals surface area contributed by atoms with Gasteiger partial charge in [0.15, 0.2) is 11.4 Å². The minimum absolute atomic E-state index is 0.0950. The SMILES string of the molecule is CCOC(=O)C1=C(c2ccccc2)N=c2s/c(=C\c3cccc(OCC#N)c3)c(=O)n2[C@H]1c1ccc(F)cc1. The second-order valence-electron chi connectivity index (χ2n) is 8.50.